The number of H-pyrrole nitrogens is 1. The molecule has 2 amide bonds. The summed E-state index contributed by atoms with van der Waals surface area (Å²) < 4.78 is 59.7. The number of rotatable bonds is 4. The van der Waals surface area contributed by atoms with Gasteiger partial charge in [0.15, 0.2) is 0 Å². The van der Waals surface area contributed by atoms with Crippen molar-refractivity contribution in [2.24, 2.45) is 0 Å². The van der Waals surface area contributed by atoms with Crippen molar-refractivity contribution in [1.29, 1.82) is 0 Å². The number of alkyl halides is 3. The van der Waals surface area contributed by atoms with E-state index in [0.717, 1.165) is 17.8 Å². The van der Waals surface area contributed by atoms with E-state index in [1.165, 1.54) is 22.3 Å². The number of nitrogens with one attached hydrogen (secondary N) is 3. The maximum Gasteiger partial charge on any atom is 0.490 e. The van der Waals surface area contributed by atoms with Crippen LogP contribution in [-0.4, -0.2) is 101 Å². The van der Waals surface area contributed by atoms with Crippen molar-refractivity contribution in [3.63, 3.8) is 0 Å². The van der Waals surface area contributed by atoms with E-state index in [-0.39, 0.29) is 30.5 Å². The summed E-state index contributed by atoms with van der Waals surface area (Å²) in [6.45, 7) is 1.24. The van der Waals surface area contributed by atoms with E-state index in [9.17, 15) is 31.2 Å². The molecule has 3 aromatic rings. The summed E-state index contributed by atoms with van der Waals surface area (Å²) in [7, 11) is -2.51. The number of amides is 2. The zero-order valence-electron chi connectivity index (χ0n) is 21.9. The van der Waals surface area contributed by atoms with E-state index in [4.69, 9.17) is 21.5 Å². The Morgan fingerprint density at radius 2 is 1.90 bits per heavy atom. The maximum absolute atomic E-state index is 13.4. The van der Waals surface area contributed by atoms with Gasteiger partial charge in [0, 0.05) is 73.9 Å². The van der Waals surface area contributed by atoms with E-state index in [0.29, 0.717) is 28.9 Å². The minimum absolute atomic E-state index is 0.00294. The summed E-state index contributed by atoms with van der Waals surface area (Å²) in [6.07, 6.45) is -2.78. The number of halogens is 4. The van der Waals surface area contributed by atoms with Crippen LogP contribution < -0.4 is 10.6 Å². The van der Waals surface area contributed by atoms with Crippen LogP contribution in [0.3, 0.4) is 0 Å². The van der Waals surface area contributed by atoms with Crippen LogP contribution in [0, 0.1) is 0 Å². The van der Waals surface area contributed by atoms with Crippen molar-refractivity contribution in [2.75, 3.05) is 33.2 Å². The number of carbonyl (C=O) groups excluding carboxylic acids is 2. The van der Waals surface area contributed by atoms with Gasteiger partial charge in [0.1, 0.15) is 11.1 Å². The van der Waals surface area contributed by atoms with E-state index in [1.807, 2.05) is 0 Å². The molecule has 1 atom stereocenters. The third-order valence-electron chi connectivity index (χ3n) is 6.57. The van der Waals surface area contributed by atoms with E-state index >= 15 is 0 Å². The summed E-state index contributed by atoms with van der Waals surface area (Å²) in [5.74, 6) is -3.73. The summed E-state index contributed by atoms with van der Waals surface area (Å²) >= 11 is 6.03. The average molecular weight is 632 g/mol. The zero-order chi connectivity index (χ0) is 30.8. The first-order valence-electron chi connectivity index (χ1n) is 12.4. The molecule has 5 rings (SSSR count). The second kappa shape index (κ2) is 12.2. The molecule has 4 heterocycles. The Kier molecular flexibility index (Phi) is 9.05. The van der Waals surface area contributed by atoms with Gasteiger partial charge in [0.25, 0.3) is 15.9 Å². The molecule has 0 radical (unpaired) electrons. The molecular weight excluding hydrogens is 607 g/mol. The molecule has 18 heteroatoms. The van der Waals surface area contributed by atoms with Gasteiger partial charge in [-0.05, 0) is 24.3 Å². The molecule has 1 aromatic carbocycles. The molecule has 0 aliphatic carbocycles. The number of carboxylic acid groups (broad SMARTS) is 1. The molecule has 0 bridgehead atoms. The number of hydrogen-bond acceptors (Lipinski definition) is 8. The lowest BCUT2D eigenvalue weighted by molar-refractivity contribution is -0.192. The first-order valence-corrected chi connectivity index (χ1v) is 14.2. The standard InChI is InChI=1S/C22H24ClN7O4S.C2HF3O2/c1-24-21(31)18-12-29(35(33,34)19-9-13-8-15(23)2-3-16(13)27-19)6-7-30(18)22(32)20-26-11-14-10-25-5-4-17(14)28-20;3-2(4,5)1(6)7/h2-3,8-9,11,18,25,27H,4-7,10,12H2,1H3,(H,24,31);(H,6,7). The van der Waals surface area contributed by atoms with Crippen LogP contribution in [0.5, 0.6) is 0 Å². The number of nitrogens with zero attached hydrogens (tertiary/aromatic N) is 4. The number of hydrogen-bond donors (Lipinski definition) is 4. The molecule has 2 aliphatic rings. The van der Waals surface area contributed by atoms with E-state index in [2.05, 4.69) is 25.6 Å². The number of aliphatic carboxylic acids is 1. The highest BCUT2D eigenvalue weighted by Gasteiger charge is 2.41. The number of benzene rings is 1. The van der Waals surface area contributed by atoms with Gasteiger partial charge < -0.3 is 25.6 Å². The van der Waals surface area contributed by atoms with Gasteiger partial charge in [-0.15, -0.1) is 0 Å². The predicted molar refractivity (Wildman–Crippen MR) is 142 cm³/mol. The molecule has 0 saturated carbocycles. The van der Waals surface area contributed by atoms with Gasteiger partial charge in [0.05, 0.1) is 5.69 Å². The van der Waals surface area contributed by atoms with Gasteiger partial charge >= 0.3 is 12.1 Å². The lowest BCUT2D eigenvalue weighted by Crippen LogP contribution is -2.61. The fourth-order valence-corrected chi connectivity index (χ4v) is 6.07. The fourth-order valence-electron chi connectivity index (χ4n) is 4.43. The molecule has 4 N–H and O–H groups in total. The van der Waals surface area contributed by atoms with Crippen molar-refractivity contribution in [2.45, 2.75) is 30.2 Å². The van der Waals surface area contributed by atoms with Crippen LogP contribution >= 0.6 is 11.6 Å². The fraction of sp³-hybridized carbons (Fsp3) is 0.375. The van der Waals surface area contributed by atoms with Crippen molar-refractivity contribution in [3.8, 4) is 0 Å². The summed E-state index contributed by atoms with van der Waals surface area (Å²) in [5, 5.41) is 14.0. The first-order chi connectivity index (χ1) is 19.7. The number of piperazine rings is 1. The smallest absolute Gasteiger partial charge is 0.475 e. The van der Waals surface area contributed by atoms with E-state index < -0.39 is 40.0 Å². The third kappa shape index (κ3) is 6.64. The molecule has 13 nitrogen and oxygen atoms in total. The van der Waals surface area contributed by atoms with Crippen LogP contribution in [0.25, 0.3) is 10.9 Å². The van der Waals surface area contributed by atoms with E-state index in [1.54, 1.807) is 24.4 Å². The number of carboxylic acids is 1. The van der Waals surface area contributed by atoms with Gasteiger partial charge in [-0.1, -0.05) is 11.6 Å². The zero-order valence-corrected chi connectivity index (χ0v) is 23.5. The summed E-state index contributed by atoms with van der Waals surface area (Å²) in [4.78, 5) is 47.8. The predicted octanol–water partition coefficient (Wildman–Crippen LogP) is 1.15. The first kappa shape index (κ1) is 31.1. The second-order valence-corrected chi connectivity index (χ2v) is 11.6. The minimum atomic E-state index is -5.08. The second-order valence-electron chi connectivity index (χ2n) is 9.25. The number of aromatic amines is 1. The number of carbonyl (C=O) groups is 3. The van der Waals surface area contributed by atoms with Crippen molar-refractivity contribution in [3.05, 3.63) is 52.6 Å². The Hall–Kier alpha value is -3.80. The highest BCUT2D eigenvalue weighted by Crippen LogP contribution is 2.26. The highest BCUT2D eigenvalue weighted by atomic mass is 35.5. The van der Waals surface area contributed by atoms with Gasteiger partial charge in [-0.3, -0.25) is 9.59 Å². The van der Waals surface area contributed by atoms with Crippen LogP contribution in [-0.2, 0) is 32.6 Å². The maximum atomic E-state index is 13.4. The Labute approximate surface area is 242 Å². The molecule has 42 heavy (non-hydrogen) atoms. The summed E-state index contributed by atoms with van der Waals surface area (Å²) in [6, 6.07) is 5.53. The summed E-state index contributed by atoms with van der Waals surface area (Å²) in [5.41, 5.74) is 2.37. The van der Waals surface area contributed by atoms with Crippen LogP contribution in [0.2, 0.25) is 5.02 Å². The van der Waals surface area contributed by atoms with Crippen LogP contribution in [0.4, 0.5) is 13.2 Å². The monoisotopic (exact) mass is 631 g/mol. The number of sulfonamides is 1. The van der Waals surface area contributed by atoms with Crippen LogP contribution in [0.15, 0.2) is 35.5 Å². The normalized spacial score (nSPS) is 17.6. The van der Waals surface area contributed by atoms with Crippen molar-refractivity contribution < 1.29 is 41.1 Å². The van der Waals surface area contributed by atoms with Gasteiger partial charge in [0.2, 0.25) is 11.7 Å². The SMILES string of the molecule is CNC(=O)C1CN(S(=O)(=O)c2cc3cc(Cl)ccc3[nH]2)CCN1C(=O)c1ncc2c(n1)CCNC2.O=C(O)C(F)(F)F. The van der Waals surface area contributed by atoms with Crippen molar-refractivity contribution in [1.82, 2.24) is 34.8 Å². The molecule has 226 valence electrons. The average Bonchev–Trinajstić information content (AvgIpc) is 3.40. The number of aromatic nitrogens is 3. The Morgan fingerprint density at radius 3 is 2.57 bits per heavy atom. The molecular formula is C24H25ClF3N7O6S. The third-order valence-corrected chi connectivity index (χ3v) is 8.59. The Morgan fingerprint density at radius 1 is 1.19 bits per heavy atom. The number of likely N-dealkylation sites (N-methyl/N-ethyl adjacent to an activating group) is 1. The molecule has 2 aromatic heterocycles. The lowest BCUT2D eigenvalue weighted by atomic mass is 10.1. The minimum Gasteiger partial charge on any atom is -0.475 e. The van der Waals surface area contributed by atoms with Gasteiger partial charge in [-0.25, -0.2) is 23.2 Å². The molecule has 1 saturated heterocycles. The highest BCUT2D eigenvalue weighted by molar-refractivity contribution is 7.89. The molecule has 1 fully saturated rings. The Bertz CT molecular complexity index is 1630. The van der Waals surface area contributed by atoms with Gasteiger partial charge in [-0.2, -0.15) is 17.5 Å². The molecule has 2 aliphatic heterocycles. The topological polar surface area (TPSA) is 178 Å². The Balaban J connectivity index is 0.000000517. The molecule has 1 unspecified atom stereocenters. The molecule has 0 spiro atoms. The number of fused-ring (bicyclic) bond motifs is 2. The largest absolute Gasteiger partial charge is 0.490 e. The quantitative estimate of drug-likeness (QED) is 0.329. The van der Waals surface area contributed by atoms with Crippen LogP contribution in [0.1, 0.15) is 21.9 Å². The lowest BCUT2D eigenvalue weighted by Gasteiger charge is -2.39. The van der Waals surface area contributed by atoms with Crippen molar-refractivity contribution >= 4 is 50.3 Å².